The van der Waals surface area contributed by atoms with Crippen LogP contribution in [-0.4, -0.2) is 23.3 Å². The second-order valence-electron chi connectivity index (χ2n) is 4.19. The summed E-state index contributed by atoms with van der Waals surface area (Å²) >= 11 is 0. The van der Waals surface area contributed by atoms with Crippen LogP contribution in [0.1, 0.15) is 39.0 Å². The van der Waals surface area contributed by atoms with Gasteiger partial charge < -0.3 is 9.84 Å². The lowest BCUT2D eigenvalue weighted by molar-refractivity contribution is -0.171. The monoisotopic (exact) mass is 184 g/mol. The third-order valence-electron chi connectivity index (χ3n) is 3.49. The van der Waals surface area contributed by atoms with E-state index in [1.807, 2.05) is 0 Å². The van der Waals surface area contributed by atoms with Gasteiger partial charge in [-0.15, -0.1) is 0 Å². The Labute approximate surface area is 78.1 Å². The molecule has 0 amide bonds. The Balaban J connectivity index is 2.07. The molecule has 0 aliphatic heterocycles. The highest BCUT2D eigenvalue weighted by molar-refractivity contribution is 5.81. The van der Waals surface area contributed by atoms with Crippen LogP contribution in [0.15, 0.2) is 0 Å². The van der Waals surface area contributed by atoms with Gasteiger partial charge in [-0.3, -0.25) is 4.79 Å². The van der Waals surface area contributed by atoms with E-state index in [0.29, 0.717) is 6.61 Å². The summed E-state index contributed by atoms with van der Waals surface area (Å²) in [6, 6.07) is 0. The minimum absolute atomic E-state index is 0.183. The summed E-state index contributed by atoms with van der Waals surface area (Å²) < 4.78 is 4.99. The van der Waals surface area contributed by atoms with Gasteiger partial charge in [-0.2, -0.15) is 0 Å². The van der Waals surface area contributed by atoms with Crippen molar-refractivity contribution in [1.29, 1.82) is 0 Å². The fraction of sp³-hybridized carbons (Fsp3) is 0.900. The molecule has 0 unspecified atom stereocenters. The number of esters is 1. The smallest absolute Gasteiger partial charge is 0.314 e. The van der Waals surface area contributed by atoms with E-state index in [9.17, 15) is 9.90 Å². The first-order valence-electron chi connectivity index (χ1n) is 5.04. The third-order valence-corrected chi connectivity index (χ3v) is 3.49. The highest BCUT2D eigenvalue weighted by atomic mass is 16.5. The van der Waals surface area contributed by atoms with Gasteiger partial charge in [0.15, 0.2) is 0 Å². The number of rotatable bonds is 3. The lowest BCUT2D eigenvalue weighted by Crippen LogP contribution is -2.50. The summed E-state index contributed by atoms with van der Waals surface area (Å²) in [5.74, 6) is -0.183. The van der Waals surface area contributed by atoms with Crippen molar-refractivity contribution in [1.82, 2.24) is 0 Å². The maximum atomic E-state index is 11.6. The maximum Gasteiger partial charge on any atom is 0.314 e. The van der Waals surface area contributed by atoms with Crippen LogP contribution >= 0.6 is 0 Å². The molecular formula is C10H16O3. The molecule has 0 aromatic carbocycles. The summed E-state index contributed by atoms with van der Waals surface area (Å²) in [6.07, 6.45) is 4.19. The molecule has 74 valence electrons. The quantitative estimate of drug-likeness (QED) is 0.671. The predicted molar refractivity (Wildman–Crippen MR) is 47.1 cm³/mol. The van der Waals surface area contributed by atoms with Gasteiger partial charge in [0.2, 0.25) is 0 Å². The van der Waals surface area contributed by atoms with Gasteiger partial charge in [0, 0.05) is 0 Å². The SMILES string of the molecule is CCOC(=O)C1(C2(O)CCC2)CC1. The third kappa shape index (κ3) is 1.10. The Kier molecular flexibility index (Phi) is 1.88. The van der Waals surface area contributed by atoms with Crippen molar-refractivity contribution in [2.24, 2.45) is 5.41 Å². The first-order valence-corrected chi connectivity index (χ1v) is 5.04. The Hall–Kier alpha value is -0.570. The molecule has 2 saturated carbocycles. The summed E-state index contributed by atoms with van der Waals surface area (Å²) in [7, 11) is 0. The molecule has 0 aromatic rings. The van der Waals surface area contributed by atoms with Crippen LogP contribution in [0.5, 0.6) is 0 Å². The van der Waals surface area contributed by atoms with E-state index >= 15 is 0 Å². The maximum absolute atomic E-state index is 11.6. The van der Waals surface area contributed by atoms with Crippen LogP contribution in [0.2, 0.25) is 0 Å². The van der Waals surface area contributed by atoms with Gasteiger partial charge in [0.05, 0.1) is 17.6 Å². The van der Waals surface area contributed by atoms with E-state index in [1.54, 1.807) is 6.92 Å². The van der Waals surface area contributed by atoms with Crippen molar-refractivity contribution in [2.75, 3.05) is 6.61 Å². The molecule has 2 aliphatic rings. The number of ether oxygens (including phenoxy) is 1. The molecule has 0 saturated heterocycles. The molecule has 2 aliphatic carbocycles. The second kappa shape index (κ2) is 2.71. The molecule has 3 nitrogen and oxygen atoms in total. The summed E-state index contributed by atoms with van der Waals surface area (Å²) in [4.78, 5) is 11.6. The average Bonchev–Trinajstić information content (AvgIpc) is 2.81. The molecule has 0 bridgehead atoms. The molecule has 13 heavy (non-hydrogen) atoms. The highest BCUT2D eigenvalue weighted by Gasteiger charge is 2.66. The first-order chi connectivity index (χ1) is 6.15. The van der Waals surface area contributed by atoms with Gasteiger partial charge in [0.25, 0.3) is 0 Å². The van der Waals surface area contributed by atoms with Crippen molar-refractivity contribution < 1.29 is 14.6 Å². The fourth-order valence-electron chi connectivity index (χ4n) is 2.24. The van der Waals surface area contributed by atoms with Crippen molar-refractivity contribution >= 4 is 5.97 Å². The minimum Gasteiger partial charge on any atom is -0.465 e. The van der Waals surface area contributed by atoms with Gasteiger partial charge >= 0.3 is 5.97 Å². The van der Waals surface area contributed by atoms with Crippen molar-refractivity contribution in [3.8, 4) is 0 Å². The van der Waals surface area contributed by atoms with E-state index in [2.05, 4.69) is 0 Å². The fourth-order valence-corrected chi connectivity index (χ4v) is 2.24. The first kappa shape index (κ1) is 9.00. The average molecular weight is 184 g/mol. The Bertz CT molecular complexity index is 226. The van der Waals surface area contributed by atoms with Crippen LogP contribution in [0.4, 0.5) is 0 Å². The molecule has 0 spiro atoms. The Morgan fingerprint density at radius 2 is 2.00 bits per heavy atom. The van der Waals surface area contributed by atoms with E-state index < -0.39 is 11.0 Å². The summed E-state index contributed by atoms with van der Waals surface area (Å²) in [5, 5.41) is 10.1. The van der Waals surface area contributed by atoms with Gasteiger partial charge in [0.1, 0.15) is 0 Å². The molecule has 0 aromatic heterocycles. The van der Waals surface area contributed by atoms with E-state index in [-0.39, 0.29) is 5.97 Å². The van der Waals surface area contributed by atoms with Gasteiger partial charge in [-0.05, 0) is 39.0 Å². The van der Waals surface area contributed by atoms with Crippen LogP contribution in [-0.2, 0) is 9.53 Å². The van der Waals surface area contributed by atoms with Crippen molar-refractivity contribution in [3.63, 3.8) is 0 Å². The topological polar surface area (TPSA) is 46.5 Å². The minimum atomic E-state index is -0.723. The molecular weight excluding hydrogens is 168 g/mol. The number of hydrogen-bond donors (Lipinski definition) is 1. The van der Waals surface area contributed by atoms with Crippen molar-refractivity contribution in [3.05, 3.63) is 0 Å². The number of carbonyl (C=O) groups is 1. The summed E-state index contributed by atoms with van der Waals surface area (Å²) in [5.41, 5.74) is -1.24. The number of aliphatic hydroxyl groups is 1. The lowest BCUT2D eigenvalue weighted by atomic mass is 9.69. The molecule has 1 N–H and O–H groups in total. The number of carbonyl (C=O) groups excluding carboxylic acids is 1. The molecule has 2 fully saturated rings. The van der Waals surface area contributed by atoms with Crippen LogP contribution in [0.25, 0.3) is 0 Å². The largest absolute Gasteiger partial charge is 0.465 e. The van der Waals surface area contributed by atoms with Crippen LogP contribution < -0.4 is 0 Å². The summed E-state index contributed by atoms with van der Waals surface area (Å²) in [6.45, 7) is 2.22. The molecule has 0 heterocycles. The molecule has 2 rings (SSSR count). The zero-order valence-corrected chi connectivity index (χ0v) is 8.01. The zero-order valence-electron chi connectivity index (χ0n) is 8.01. The normalized spacial score (nSPS) is 27.5. The van der Waals surface area contributed by atoms with E-state index in [4.69, 9.17) is 4.74 Å². The molecule has 0 radical (unpaired) electrons. The standard InChI is InChI=1S/C10H16O3/c1-2-13-8(11)9(6-7-9)10(12)4-3-5-10/h12H,2-7H2,1H3. The highest BCUT2D eigenvalue weighted by Crippen LogP contribution is 2.61. The Morgan fingerprint density at radius 1 is 1.38 bits per heavy atom. The van der Waals surface area contributed by atoms with E-state index in [0.717, 1.165) is 32.1 Å². The van der Waals surface area contributed by atoms with Crippen molar-refractivity contribution in [2.45, 2.75) is 44.6 Å². The van der Waals surface area contributed by atoms with E-state index in [1.165, 1.54) is 0 Å². The van der Waals surface area contributed by atoms with Crippen LogP contribution in [0.3, 0.4) is 0 Å². The lowest BCUT2D eigenvalue weighted by Gasteiger charge is -2.42. The Morgan fingerprint density at radius 3 is 2.31 bits per heavy atom. The molecule has 3 heteroatoms. The predicted octanol–water partition coefficient (Wildman–Crippen LogP) is 1.24. The van der Waals surface area contributed by atoms with Gasteiger partial charge in [-0.1, -0.05) is 0 Å². The zero-order chi connectivity index (χ0) is 9.53. The molecule has 0 atom stereocenters. The van der Waals surface area contributed by atoms with Crippen LogP contribution in [0, 0.1) is 5.41 Å². The number of hydrogen-bond acceptors (Lipinski definition) is 3. The second-order valence-corrected chi connectivity index (χ2v) is 4.19. The van der Waals surface area contributed by atoms with Gasteiger partial charge in [-0.25, -0.2) is 0 Å².